The van der Waals surface area contributed by atoms with Gasteiger partial charge in [0.25, 0.3) is 5.91 Å². The van der Waals surface area contributed by atoms with Gasteiger partial charge in [0.1, 0.15) is 12.4 Å². The van der Waals surface area contributed by atoms with Crippen LogP contribution in [0.3, 0.4) is 0 Å². The van der Waals surface area contributed by atoms with Crippen LogP contribution in [0.25, 0.3) is 5.69 Å². The van der Waals surface area contributed by atoms with Crippen molar-refractivity contribution in [3.8, 4) is 11.4 Å². The quantitative estimate of drug-likeness (QED) is 0.264. The molecule has 0 aliphatic heterocycles. The zero-order valence-corrected chi connectivity index (χ0v) is 18.4. The summed E-state index contributed by atoms with van der Waals surface area (Å²) in [6.45, 7) is 0.267. The van der Waals surface area contributed by atoms with E-state index in [0.717, 1.165) is 16.8 Å². The summed E-state index contributed by atoms with van der Waals surface area (Å²) in [5, 5.41) is 5.21. The molecule has 4 rings (SSSR count). The highest BCUT2D eigenvalue weighted by Crippen LogP contribution is 2.26. The fraction of sp³-hybridized carbons (Fsp3) is 0.0400. The Morgan fingerprint density at radius 2 is 1.59 bits per heavy atom. The molecule has 0 spiro atoms. The van der Waals surface area contributed by atoms with Gasteiger partial charge in [-0.3, -0.25) is 4.79 Å². The van der Waals surface area contributed by atoms with Crippen molar-refractivity contribution in [3.63, 3.8) is 0 Å². The summed E-state index contributed by atoms with van der Waals surface area (Å²) < 4.78 is 7.65. The second-order valence-electron chi connectivity index (χ2n) is 6.86. The van der Waals surface area contributed by atoms with Crippen LogP contribution in [-0.2, 0) is 6.61 Å². The summed E-state index contributed by atoms with van der Waals surface area (Å²) in [6, 6.07) is 23.8. The Morgan fingerprint density at radius 3 is 2.31 bits per heavy atom. The average molecular weight is 464 g/mol. The number of amides is 1. The summed E-state index contributed by atoms with van der Waals surface area (Å²) in [4.78, 5) is 12.6. The topological polar surface area (TPSA) is 55.6 Å². The van der Waals surface area contributed by atoms with E-state index in [1.54, 1.807) is 30.5 Å². The van der Waals surface area contributed by atoms with Crippen molar-refractivity contribution in [3.05, 3.63) is 118 Å². The highest BCUT2D eigenvalue weighted by atomic mass is 35.5. The van der Waals surface area contributed by atoms with Gasteiger partial charge in [0, 0.05) is 28.0 Å². The van der Waals surface area contributed by atoms with E-state index in [1.807, 2.05) is 71.6 Å². The SMILES string of the molecule is O=C(N/N=C\c1ccc(OCc2c(Cl)cccc2Cl)cc1)c1ccccc1-n1cccc1. The number of aromatic nitrogens is 1. The highest BCUT2D eigenvalue weighted by molar-refractivity contribution is 6.35. The number of nitrogens with zero attached hydrogens (tertiary/aromatic N) is 2. The molecule has 0 saturated heterocycles. The van der Waals surface area contributed by atoms with Crippen LogP contribution in [0.2, 0.25) is 10.0 Å². The number of nitrogens with one attached hydrogen (secondary N) is 1. The predicted molar refractivity (Wildman–Crippen MR) is 128 cm³/mol. The Kier molecular flexibility index (Phi) is 6.90. The predicted octanol–water partition coefficient (Wildman–Crippen LogP) is 6.13. The van der Waals surface area contributed by atoms with Crippen LogP contribution >= 0.6 is 23.2 Å². The van der Waals surface area contributed by atoms with Crippen LogP contribution in [0.4, 0.5) is 0 Å². The summed E-state index contributed by atoms with van der Waals surface area (Å²) in [5.41, 5.74) is 5.45. The molecule has 7 heteroatoms. The van der Waals surface area contributed by atoms with Gasteiger partial charge in [-0.2, -0.15) is 5.10 Å². The fourth-order valence-corrected chi connectivity index (χ4v) is 3.59. The number of para-hydroxylation sites is 1. The first-order valence-electron chi connectivity index (χ1n) is 9.83. The number of rotatable bonds is 7. The Morgan fingerprint density at radius 1 is 0.906 bits per heavy atom. The third-order valence-corrected chi connectivity index (χ3v) is 5.44. The maximum Gasteiger partial charge on any atom is 0.273 e. The molecule has 0 fully saturated rings. The van der Waals surface area contributed by atoms with E-state index < -0.39 is 0 Å². The van der Waals surface area contributed by atoms with Crippen molar-refractivity contribution < 1.29 is 9.53 Å². The van der Waals surface area contributed by atoms with Gasteiger partial charge in [-0.15, -0.1) is 0 Å². The Labute approximate surface area is 195 Å². The lowest BCUT2D eigenvalue weighted by atomic mass is 10.1. The standard InChI is InChI=1S/C25H19Cl2N3O2/c26-22-7-5-8-23(27)21(22)17-32-19-12-10-18(11-13-19)16-28-29-25(31)20-6-1-2-9-24(20)30-14-3-4-15-30/h1-16H,17H2,(H,29,31)/b28-16-. The first-order chi connectivity index (χ1) is 15.6. The second-order valence-corrected chi connectivity index (χ2v) is 7.68. The Balaban J connectivity index is 1.36. The van der Waals surface area contributed by atoms with Crippen molar-refractivity contribution in [2.24, 2.45) is 5.10 Å². The molecule has 3 aromatic carbocycles. The van der Waals surface area contributed by atoms with E-state index in [4.69, 9.17) is 27.9 Å². The van der Waals surface area contributed by atoms with Gasteiger partial charge in [-0.1, -0.05) is 41.4 Å². The first kappa shape index (κ1) is 21.7. The molecule has 32 heavy (non-hydrogen) atoms. The third-order valence-electron chi connectivity index (χ3n) is 4.74. The van der Waals surface area contributed by atoms with E-state index in [-0.39, 0.29) is 12.5 Å². The number of hydrazone groups is 1. The van der Waals surface area contributed by atoms with Gasteiger partial charge in [0.2, 0.25) is 0 Å². The molecule has 1 amide bonds. The van der Waals surface area contributed by atoms with Crippen molar-refractivity contribution in [2.45, 2.75) is 6.61 Å². The van der Waals surface area contributed by atoms with Crippen LogP contribution in [0.15, 0.2) is 96.4 Å². The van der Waals surface area contributed by atoms with Crippen molar-refractivity contribution in [1.29, 1.82) is 0 Å². The van der Waals surface area contributed by atoms with E-state index in [9.17, 15) is 4.79 Å². The molecule has 1 N–H and O–H groups in total. The van der Waals surface area contributed by atoms with Crippen LogP contribution in [0, 0.1) is 0 Å². The van der Waals surface area contributed by atoms with Crippen LogP contribution in [-0.4, -0.2) is 16.7 Å². The molecule has 0 atom stereocenters. The monoisotopic (exact) mass is 463 g/mol. The molecule has 0 aliphatic carbocycles. The average Bonchev–Trinajstić information content (AvgIpc) is 3.34. The minimum atomic E-state index is -0.290. The summed E-state index contributed by atoms with van der Waals surface area (Å²) in [5.74, 6) is 0.380. The Bertz CT molecular complexity index is 1220. The molecule has 4 aromatic rings. The number of halogens is 2. The van der Waals surface area contributed by atoms with E-state index in [1.165, 1.54) is 0 Å². The van der Waals surface area contributed by atoms with Crippen LogP contribution in [0.5, 0.6) is 5.75 Å². The Hall–Kier alpha value is -3.54. The van der Waals surface area contributed by atoms with Crippen molar-refractivity contribution in [2.75, 3.05) is 0 Å². The molecular weight excluding hydrogens is 445 g/mol. The summed E-state index contributed by atoms with van der Waals surface area (Å²) in [6.07, 6.45) is 5.35. The van der Waals surface area contributed by atoms with E-state index in [0.29, 0.717) is 21.4 Å². The molecule has 5 nitrogen and oxygen atoms in total. The molecular formula is C25H19Cl2N3O2. The number of carbonyl (C=O) groups is 1. The van der Waals surface area contributed by atoms with Gasteiger partial charge in [0.05, 0.1) is 17.5 Å². The first-order valence-corrected chi connectivity index (χ1v) is 10.6. The lowest BCUT2D eigenvalue weighted by Crippen LogP contribution is -2.19. The molecule has 0 bridgehead atoms. The lowest BCUT2D eigenvalue weighted by molar-refractivity contribution is 0.0955. The zero-order valence-electron chi connectivity index (χ0n) is 16.9. The fourth-order valence-electron chi connectivity index (χ4n) is 3.09. The number of hydrogen-bond acceptors (Lipinski definition) is 3. The zero-order chi connectivity index (χ0) is 22.3. The van der Waals surface area contributed by atoms with Crippen molar-refractivity contribution in [1.82, 2.24) is 9.99 Å². The number of carbonyl (C=O) groups excluding carboxylic acids is 1. The highest BCUT2D eigenvalue weighted by Gasteiger charge is 2.11. The van der Waals surface area contributed by atoms with E-state index >= 15 is 0 Å². The van der Waals surface area contributed by atoms with Crippen LogP contribution < -0.4 is 10.2 Å². The van der Waals surface area contributed by atoms with Crippen LogP contribution in [0.1, 0.15) is 21.5 Å². The number of ether oxygens (including phenoxy) is 1. The van der Waals surface area contributed by atoms with E-state index in [2.05, 4.69) is 10.5 Å². The minimum absolute atomic E-state index is 0.267. The van der Waals surface area contributed by atoms with Crippen molar-refractivity contribution >= 4 is 35.3 Å². The largest absolute Gasteiger partial charge is 0.489 e. The van der Waals surface area contributed by atoms with Gasteiger partial charge < -0.3 is 9.30 Å². The molecule has 0 saturated carbocycles. The maximum absolute atomic E-state index is 12.6. The summed E-state index contributed by atoms with van der Waals surface area (Å²) >= 11 is 12.3. The molecule has 1 aromatic heterocycles. The second kappa shape index (κ2) is 10.2. The molecule has 0 unspecified atom stereocenters. The summed E-state index contributed by atoms with van der Waals surface area (Å²) in [7, 11) is 0. The molecule has 160 valence electrons. The van der Waals surface area contributed by atoms with Gasteiger partial charge in [-0.05, 0) is 66.2 Å². The molecule has 1 heterocycles. The van der Waals surface area contributed by atoms with Gasteiger partial charge in [-0.25, -0.2) is 5.43 Å². The van der Waals surface area contributed by atoms with Gasteiger partial charge in [0.15, 0.2) is 0 Å². The normalized spacial score (nSPS) is 10.9. The minimum Gasteiger partial charge on any atom is -0.489 e. The maximum atomic E-state index is 12.6. The number of benzene rings is 3. The van der Waals surface area contributed by atoms with Gasteiger partial charge >= 0.3 is 0 Å². The molecule has 0 radical (unpaired) electrons. The lowest BCUT2D eigenvalue weighted by Gasteiger charge is -2.10. The molecule has 0 aliphatic rings. The smallest absolute Gasteiger partial charge is 0.273 e. The number of hydrogen-bond donors (Lipinski definition) is 1. The third kappa shape index (κ3) is 5.19.